The lowest BCUT2D eigenvalue weighted by molar-refractivity contribution is -0.129. The molecule has 2 N–H and O–H groups in total. The van der Waals surface area contributed by atoms with Crippen molar-refractivity contribution >= 4 is 35.3 Å². The normalized spacial score (nSPS) is 11.9. The summed E-state index contributed by atoms with van der Waals surface area (Å²) >= 11 is 12.3. The molecule has 0 saturated carbocycles. The first-order valence-corrected chi connectivity index (χ1v) is 10.6. The van der Waals surface area contributed by atoms with E-state index in [1.807, 2.05) is 19.1 Å². The van der Waals surface area contributed by atoms with Gasteiger partial charge in [-0.25, -0.2) is 5.43 Å². The Kier molecular flexibility index (Phi) is 8.50. The molecule has 0 fully saturated rings. The Morgan fingerprint density at radius 1 is 1.09 bits per heavy atom. The van der Waals surface area contributed by atoms with Gasteiger partial charge in [-0.2, -0.15) is 5.10 Å². The maximum absolute atomic E-state index is 12.1. The third-order valence-electron chi connectivity index (χ3n) is 4.38. The highest BCUT2D eigenvalue weighted by molar-refractivity contribution is 6.32. The monoisotopic (exact) mass is 472 g/mol. The molecule has 0 aliphatic carbocycles. The van der Waals surface area contributed by atoms with Crippen LogP contribution in [-0.2, 0) is 11.4 Å². The number of aliphatic hydroxyl groups is 1. The molecule has 3 aromatic rings. The molecule has 3 aromatic carbocycles. The van der Waals surface area contributed by atoms with Gasteiger partial charge in [-0.15, -0.1) is 0 Å². The Bertz CT molecular complexity index is 1070. The number of hydrazone groups is 1. The molecule has 166 valence electrons. The molecule has 1 amide bonds. The van der Waals surface area contributed by atoms with Crippen molar-refractivity contribution in [2.75, 3.05) is 6.61 Å². The molecule has 1 atom stereocenters. The molecule has 0 radical (unpaired) electrons. The van der Waals surface area contributed by atoms with Crippen LogP contribution in [0.2, 0.25) is 10.0 Å². The van der Waals surface area contributed by atoms with Gasteiger partial charge in [0.25, 0.3) is 5.91 Å². The van der Waals surface area contributed by atoms with Crippen LogP contribution in [-0.4, -0.2) is 23.8 Å². The molecule has 0 aliphatic heterocycles. The SMILES string of the molecule is CCOc1cc(/C=N\NC(=O)[C@H](O)c2ccccc2)cc(Cl)c1OCc1ccc(Cl)cc1. The Balaban J connectivity index is 1.69. The minimum atomic E-state index is -1.32. The standard InChI is InChI=1S/C24H22Cl2N2O4/c1-2-31-21-13-17(14-27-28-24(30)22(29)18-6-4-3-5-7-18)12-20(26)23(21)32-15-16-8-10-19(25)11-9-16/h3-14,22,29H,2,15H2,1H3,(H,28,30)/b27-14-/t22-/m1/s1. The molecule has 0 saturated heterocycles. The summed E-state index contributed by atoms with van der Waals surface area (Å²) in [6.07, 6.45) is 0.0899. The summed E-state index contributed by atoms with van der Waals surface area (Å²) in [4.78, 5) is 12.1. The van der Waals surface area contributed by atoms with Gasteiger partial charge in [-0.1, -0.05) is 65.7 Å². The number of rotatable bonds is 9. The van der Waals surface area contributed by atoms with E-state index in [1.54, 1.807) is 54.6 Å². The van der Waals surface area contributed by atoms with Crippen LogP contribution < -0.4 is 14.9 Å². The van der Waals surface area contributed by atoms with Crippen LogP contribution in [0.4, 0.5) is 0 Å². The third kappa shape index (κ3) is 6.47. The largest absolute Gasteiger partial charge is 0.490 e. The summed E-state index contributed by atoms with van der Waals surface area (Å²) in [5.41, 5.74) is 4.32. The maximum atomic E-state index is 12.1. The second-order valence-corrected chi connectivity index (χ2v) is 7.57. The van der Waals surface area contributed by atoms with Crippen molar-refractivity contribution in [1.82, 2.24) is 5.43 Å². The van der Waals surface area contributed by atoms with E-state index in [9.17, 15) is 9.90 Å². The second-order valence-electron chi connectivity index (χ2n) is 6.73. The zero-order valence-electron chi connectivity index (χ0n) is 17.3. The second kappa shape index (κ2) is 11.5. The van der Waals surface area contributed by atoms with Crippen LogP contribution >= 0.6 is 23.2 Å². The average molecular weight is 473 g/mol. The first-order chi connectivity index (χ1) is 15.5. The maximum Gasteiger partial charge on any atom is 0.273 e. The van der Waals surface area contributed by atoms with Gasteiger partial charge in [0.05, 0.1) is 17.8 Å². The average Bonchev–Trinajstić information content (AvgIpc) is 2.80. The van der Waals surface area contributed by atoms with Gasteiger partial charge in [0.15, 0.2) is 17.6 Å². The fraction of sp³-hybridized carbons (Fsp3) is 0.167. The third-order valence-corrected chi connectivity index (χ3v) is 4.91. The Hall–Kier alpha value is -3.06. The fourth-order valence-corrected chi connectivity index (χ4v) is 3.22. The Labute approximate surface area is 196 Å². The molecule has 0 aromatic heterocycles. The number of halogens is 2. The topological polar surface area (TPSA) is 80.2 Å². The first kappa shape index (κ1) is 23.6. The van der Waals surface area contributed by atoms with Crippen LogP contribution in [0.25, 0.3) is 0 Å². The van der Waals surface area contributed by atoms with Crippen LogP contribution in [0.15, 0.2) is 71.8 Å². The summed E-state index contributed by atoms with van der Waals surface area (Å²) in [7, 11) is 0. The molecule has 6 nitrogen and oxygen atoms in total. The lowest BCUT2D eigenvalue weighted by atomic mass is 10.1. The minimum absolute atomic E-state index is 0.290. The van der Waals surface area contributed by atoms with Crippen molar-refractivity contribution in [3.63, 3.8) is 0 Å². The molecule has 0 spiro atoms. The van der Waals surface area contributed by atoms with Gasteiger partial charge < -0.3 is 14.6 Å². The summed E-state index contributed by atoms with van der Waals surface area (Å²) in [6.45, 7) is 2.55. The zero-order chi connectivity index (χ0) is 22.9. The van der Waals surface area contributed by atoms with Crippen LogP contribution in [0.3, 0.4) is 0 Å². The van der Waals surface area contributed by atoms with Gasteiger partial charge >= 0.3 is 0 Å². The van der Waals surface area contributed by atoms with E-state index >= 15 is 0 Å². The van der Waals surface area contributed by atoms with E-state index in [2.05, 4.69) is 10.5 Å². The predicted molar refractivity (Wildman–Crippen MR) is 126 cm³/mol. The predicted octanol–water partition coefficient (Wildman–Crippen LogP) is 5.15. The highest BCUT2D eigenvalue weighted by Crippen LogP contribution is 2.37. The Morgan fingerprint density at radius 3 is 2.50 bits per heavy atom. The van der Waals surface area contributed by atoms with Crippen molar-refractivity contribution in [1.29, 1.82) is 0 Å². The molecule has 3 rings (SSSR count). The molecule has 8 heteroatoms. The number of carbonyl (C=O) groups is 1. The van der Waals surface area contributed by atoms with Crippen LogP contribution in [0.1, 0.15) is 29.7 Å². The number of benzene rings is 3. The number of nitrogens with zero attached hydrogens (tertiary/aromatic N) is 1. The van der Waals surface area contributed by atoms with Crippen LogP contribution in [0.5, 0.6) is 11.5 Å². The molecule has 0 aliphatic rings. The van der Waals surface area contributed by atoms with Gasteiger partial charge in [0.1, 0.15) is 6.61 Å². The van der Waals surface area contributed by atoms with Gasteiger partial charge in [0, 0.05) is 5.02 Å². The quantitative estimate of drug-likeness (QED) is 0.333. The van der Waals surface area contributed by atoms with E-state index in [-0.39, 0.29) is 6.61 Å². The number of carbonyl (C=O) groups excluding carboxylic acids is 1. The summed E-state index contributed by atoms with van der Waals surface area (Å²) < 4.78 is 11.5. The lowest BCUT2D eigenvalue weighted by Crippen LogP contribution is -2.25. The van der Waals surface area contributed by atoms with Crippen molar-refractivity contribution in [3.8, 4) is 11.5 Å². The summed E-state index contributed by atoms with van der Waals surface area (Å²) in [6, 6.07) is 19.2. The number of hydrogen-bond donors (Lipinski definition) is 2. The van der Waals surface area contributed by atoms with E-state index in [4.69, 9.17) is 32.7 Å². The number of ether oxygens (including phenoxy) is 2. The molecule has 32 heavy (non-hydrogen) atoms. The van der Waals surface area contributed by atoms with Crippen LogP contribution in [0, 0.1) is 0 Å². The number of aliphatic hydroxyl groups excluding tert-OH is 1. The van der Waals surface area contributed by atoms with Gasteiger partial charge in [-0.05, 0) is 47.9 Å². The number of hydrogen-bond acceptors (Lipinski definition) is 5. The van der Waals surface area contributed by atoms with E-state index < -0.39 is 12.0 Å². The molecule has 0 heterocycles. The van der Waals surface area contributed by atoms with Crippen molar-refractivity contribution in [2.45, 2.75) is 19.6 Å². The highest BCUT2D eigenvalue weighted by Gasteiger charge is 2.16. The first-order valence-electron chi connectivity index (χ1n) is 9.87. The molecule has 0 bridgehead atoms. The van der Waals surface area contributed by atoms with Crippen molar-refractivity contribution < 1.29 is 19.4 Å². The smallest absolute Gasteiger partial charge is 0.273 e. The van der Waals surface area contributed by atoms with Gasteiger partial charge in [-0.3, -0.25) is 4.79 Å². The number of amides is 1. The Morgan fingerprint density at radius 2 is 1.81 bits per heavy atom. The van der Waals surface area contributed by atoms with E-state index in [1.165, 1.54) is 6.21 Å². The minimum Gasteiger partial charge on any atom is -0.490 e. The van der Waals surface area contributed by atoms with Crippen molar-refractivity contribution in [3.05, 3.63) is 93.5 Å². The molecular weight excluding hydrogens is 451 g/mol. The fourth-order valence-electron chi connectivity index (χ4n) is 2.82. The summed E-state index contributed by atoms with van der Waals surface area (Å²) in [5, 5.41) is 15.0. The lowest BCUT2D eigenvalue weighted by Gasteiger charge is -2.14. The zero-order valence-corrected chi connectivity index (χ0v) is 18.8. The number of nitrogens with one attached hydrogen (secondary N) is 1. The highest BCUT2D eigenvalue weighted by atomic mass is 35.5. The van der Waals surface area contributed by atoms with Gasteiger partial charge in [0.2, 0.25) is 0 Å². The molecular formula is C24H22Cl2N2O4. The van der Waals surface area contributed by atoms with E-state index in [0.717, 1.165) is 5.56 Å². The van der Waals surface area contributed by atoms with E-state index in [0.29, 0.717) is 39.3 Å². The molecule has 0 unspecified atom stereocenters. The van der Waals surface area contributed by atoms with Crippen molar-refractivity contribution in [2.24, 2.45) is 5.10 Å². The summed E-state index contributed by atoms with van der Waals surface area (Å²) in [5.74, 6) is 0.210.